The first-order valence-electron chi connectivity index (χ1n) is 6.65. The molecule has 0 radical (unpaired) electrons. The van der Waals surface area contributed by atoms with Gasteiger partial charge in [-0.2, -0.15) is 0 Å². The van der Waals surface area contributed by atoms with E-state index >= 15 is 0 Å². The van der Waals surface area contributed by atoms with Gasteiger partial charge in [-0.3, -0.25) is 4.90 Å². The van der Waals surface area contributed by atoms with Gasteiger partial charge in [-0.1, -0.05) is 6.07 Å². The number of aromatic hydroxyl groups is 1. The van der Waals surface area contributed by atoms with Crippen molar-refractivity contribution in [2.75, 3.05) is 20.1 Å². The predicted octanol–water partition coefficient (Wildman–Crippen LogP) is 2.27. The van der Waals surface area contributed by atoms with Crippen LogP contribution in [0.3, 0.4) is 0 Å². The van der Waals surface area contributed by atoms with Crippen LogP contribution in [0.25, 0.3) is 0 Å². The molecule has 1 aliphatic rings. The summed E-state index contributed by atoms with van der Waals surface area (Å²) in [4.78, 5) is 2.31. The van der Waals surface area contributed by atoms with E-state index < -0.39 is 0 Å². The largest absolute Gasteiger partial charge is 0.507 e. The first kappa shape index (κ1) is 13.4. The van der Waals surface area contributed by atoms with Crippen molar-refractivity contribution in [3.63, 3.8) is 0 Å². The van der Waals surface area contributed by atoms with Crippen molar-refractivity contribution in [1.29, 1.82) is 0 Å². The molecule has 1 aromatic carbocycles. The first-order valence-corrected chi connectivity index (χ1v) is 6.65. The van der Waals surface area contributed by atoms with Crippen molar-refractivity contribution < 1.29 is 5.11 Å². The van der Waals surface area contributed by atoms with Crippen LogP contribution in [0.5, 0.6) is 5.75 Å². The van der Waals surface area contributed by atoms with Gasteiger partial charge in [0.05, 0.1) is 0 Å². The van der Waals surface area contributed by atoms with E-state index in [2.05, 4.69) is 24.9 Å². The van der Waals surface area contributed by atoms with Gasteiger partial charge in [0.1, 0.15) is 5.75 Å². The molecule has 0 amide bonds. The van der Waals surface area contributed by atoms with E-state index in [-0.39, 0.29) is 0 Å². The van der Waals surface area contributed by atoms with Crippen LogP contribution in [0.1, 0.15) is 34.7 Å². The molecular formula is C15H24N2O. The molecular weight excluding hydrogens is 224 g/mol. The molecule has 3 heteroatoms. The lowest BCUT2D eigenvalue weighted by molar-refractivity contribution is 0.304. The van der Waals surface area contributed by atoms with Crippen LogP contribution in [0.2, 0.25) is 0 Å². The Morgan fingerprint density at radius 2 is 2.00 bits per heavy atom. The van der Waals surface area contributed by atoms with E-state index in [1.54, 1.807) is 0 Å². The average Bonchev–Trinajstić information content (AvgIpc) is 2.68. The van der Waals surface area contributed by atoms with Gasteiger partial charge in [-0.25, -0.2) is 0 Å². The topological polar surface area (TPSA) is 49.5 Å². The Balaban J connectivity index is 2.43. The van der Waals surface area contributed by atoms with Gasteiger partial charge in [-0.05, 0) is 63.4 Å². The molecule has 3 N–H and O–H groups in total. The second kappa shape index (κ2) is 4.90. The van der Waals surface area contributed by atoms with Crippen LogP contribution in [-0.4, -0.2) is 30.1 Å². The normalized spacial score (nSPS) is 24.7. The van der Waals surface area contributed by atoms with E-state index in [0.29, 0.717) is 17.7 Å². The number of likely N-dealkylation sites (tertiary alicyclic amines) is 1. The van der Waals surface area contributed by atoms with Gasteiger partial charge < -0.3 is 10.8 Å². The highest BCUT2D eigenvalue weighted by molar-refractivity contribution is 5.50. The van der Waals surface area contributed by atoms with Gasteiger partial charge in [0.25, 0.3) is 0 Å². The number of phenolic OH excluding ortho intramolecular Hbond substituents is 1. The summed E-state index contributed by atoms with van der Waals surface area (Å²) in [6.07, 6.45) is 1.05. The summed E-state index contributed by atoms with van der Waals surface area (Å²) in [7, 11) is 2.12. The van der Waals surface area contributed by atoms with E-state index in [9.17, 15) is 5.11 Å². The number of nitrogens with zero attached hydrogens (tertiary/aromatic N) is 1. The fourth-order valence-corrected chi connectivity index (χ4v) is 3.12. The SMILES string of the molecule is Cc1cc(C)c(C2CC(CN)CN2C)c(O)c1C. The molecule has 1 fully saturated rings. The first-order chi connectivity index (χ1) is 8.45. The summed E-state index contributed by atoms with van der Waals surface area (Å²) in [5.41, 5.74) is 10.2. The van der Waals surface area contributed by atoms with Gasteiger partial charge in [0.2, 0.25) is 0 Å². The molecule has 18 heavy (non-hydrogen) atoms. The third-order valence-electron chi connectivity index (χ3n) is 4.36. The molecule has 0 aromatic heterocycles. The Kier molecular flexibility index (Phi) is 3.64. The molecule has 3 nitrogen and oxygen atoms in total. The number of phenols is 1. The summed E-state index contributed by atoms with van der Waals surface area (Å²) >= 11 is 0. The molecule has 0 saturated carbocycles. The maximum atomic E-state index is 10.4. The van der Waals surface area contributed by atoms with Crippen molar-refractivity contribution in [3.05, 3.63) is 28.3 Å². The lowest BCUT2D eigenvalue weighted by atomic mass is 9.91. The maximum Gasteiger partial charge on any atom is 0.123 e. The molecule has 1 aliphatic heterocycles. The van der Waals surface area contributed by atoms with Crippen molar-refractivity contribution in [1.82, 2.24) is 4.90 Å². The van der Waals surface area contributed by atoms with Crippen molar-refractivity contribution in [2.45, 2.75) is 33.2 Å². The second-order valence-corrected chi connectivity index (χ2v) is 5.69. The maximum absolute atomic E-state index is 10.4. The van der Waals surface area contributed by atoms with Crippen LogP contribution in [0, 0.1) is 26.7 Å². The zero-order valence-electron chi connectivity index (χ0n) is 11.8. The highest BCUT2D eigenvalue weighted by Gasteiger charge is 2.32. The summed E-state index contributed by atoms with van der Waals surface area (Å²) in [5.74, 6) is 1.02. The highest BCUT2D eigenvalue weighted by Crippen LogP contribution is 2.41. The lowest BCUT2D eigenvalue weighted by Crippen LogP contribution is -2.21. The molecule has 100 valence electrons. The summed E-state index contributed by atoms with van der Waals surface area (Å²) < 4.78 is 0. The summed E-state index contributed by atoms with van der Waals surface area (Å²) in [5, 5.41) is 10.4. The molecule has 2 unspecified atom stereocenters. The van der Waals surface area contributed by atoms with Crippen molar-refractivity contribution >= 4 is 0 Å². The number of hydrogen-bond donors (Lipinski definition) is 2. The number of rotatable bonds is 2. The van der Waals surface area contributed by atoms with Crippen molar-refractivity contribution in [2.24, 2.45) is 11.7 Å². The third kappa shape index (κ3) is 2.13. The Morgan fingerprint density at radius 1 is 1.33 bits per heavy atom. The van der Waals surface area contributed by atoms with E-state index in [1.807, 2.05) is 13.8 Å². The fourth-order valence-electron chi connectivity index (χ4n) is 3.12. The van der Waals surface area contributed by atoms with Crippen LogP contribution in [-0.2, 0) is 0 Å². The number of aryl methyl sites for hydroxylation is 2. The Bertz CT molecular complexity index is 456. The Labute approximate surface area is 110 Å². The lowest BCUT2D eigenvalue weighted by Gasteiger charge is -2.24. The zero-order valence-corrected chi connectivity index (χ0v) is 11.8. The van der Waals surface area contributed by atoms with Crippen molar-refractivity contribution in [3.8, 4) is 5.75 Å². The minimum absolute atomic E-state index is 0.304. The van der Waals surface area contributed by atoms with Crippen LogP contribution in [0.15, 0.2) is 6.07 Å². The minimum atomic E-state index is 0.304. The molecule has 1 aromatic rings. The predicted molar refractivity (Wildman–Crippen MR) is 74.9 cm³/mol. The molecule has 1 heterocycles. The molecule has 1 saturated heterocycles. The number of nitrogens with two attached hydrogens (primary N) is 1. The third-order valence-corrected chi connectivity index (χ3v) is 4.36. The van der Waals surface area contributed by atoms with Gasteiger partial charge >= 0.3 is 0 Å². The van der Waals surface area contributed by atoms with Crippen LogP contribution < -0.4 is 5.73 Å². The van der Waals surface area contributed by atoms with Crippen LogP contribution >= 0.6 is 0 Å². The smallest absolute Gasteiger partial charge is 0.123 e. The molecule has 2 rings (SSSR count). The Morgan fingerprint density at radius 3 is 2.56 bits per heavy atom. The average molecular weight is 248 g/mol. The monoisotopic (exact) mass is 248 g/mol. The summed E-state index contributed by atoms with van der Waals surface area (Å²) in [6.45, 7) is 7.87. The van der Waals surface area contributed by atoms with E-state index in [0.717, 1.165) is 36.2 Å². The Hall–Kier alpha value is -1.06. The highest BCUT2D eigenvalue weighted by atomic mass is 16.3. The molecule has 0 aliphatic carbocycles. The molecule has 0 spiro atoms. The van der Waals surface area contributed by atoms with E-state index in [1.165, 1.54) is 5.56 Å². The van der Waals surface area contributed by atoms with Crippen LogP contribution in [0.4, 0.5) is 0 Å². The number of hydrogen-bond acceptors (Lipinski definition) is 3. The molecule has 0 bridgehead atoms. The summed E-state index contributed by atoms with van der Waals surface area (Å²) in [6, 6.07) is 2.48. The standard InChI is InChI=1S/C15H24N2O/c1-9-5-10(2)14(15(18)11(9)3)13-6-12(7-16)8-17(13)4/h5,12-13,18H,6-8,16H2,1-4H3. The minimum Gasteiger partial charge on any atom is -0.507 e. The van der Waals surface area contributed by atoms with Gasteiger partial charge in [-0.15, -0.1) is 0 Å². The van der Waals surface area contributed by atoms with Gasteiger partial charge in [0.15, 0.2) is 0 Å². The fraction of sp³-hybridized carbons (Fsp3) is 0.600. The molecule has 2 atom stereocenters. The van der Waals surface area contributed by atoms with Gasteiger partial charge in [0, 0.05) is 18.2 Å². The quantitative estimate of drug-likeness (QED) is 0.844. The number of benzene rings is 1. The second-order valence-electron chi connectivity index (χ2n) is 5.69. The zero-order chi connectivity index (χ0) is 13.4. The van der Waals surface area contributed by atoms with E-state index in [4.69, 9.17) is 5.73 Å².